The van der Waals surface area contributed by atoms with Crippen LogP contribution in [0.1, 0.15) is 232 Å². The quantitative estimate of drug-likeness (QED) is 0.0381. The van der Waals surface area contributed by atoms with E-state index in [0.717, 1.165) is 44.9 Å². The molecule has 5 nitrogen and oxygen atoms in total. The van der Waals surface area contributed by atoms with Crippen molar-refractivity contribution in [2.24, 2.45) is 0 Å². The van der Waals surface area contributed by atoms with Crippen molar-refractivity contribution >= 4 is 11.9 Å². The molecule has 0 aromatic carbocycles. The molecule has 5 heteroatoms. The van der Waals surface area contributed by atoms with Crippen LogP contribution in [0.3, 0.4) is 0 Å². The molecule has 0 saturated heterocycles. The molecule has 0 bridgehead atoms. The molecular weight excluding hydrogens is 669 g/mol. The van der Waals surface area contributed by atoms with E-state index in [1.165, 1.54) is 154 Å². The Labute approximate surface area is 335 Å². The van der Waals surface area contributed by atoms with E-state index in [2.05, 4.69) is 62.5 Å². The molecule has 0 radical (unpaired) electrons. The Morgan fingerprint density at radius 2 is 0.759 bits per heavy atom. The summed E-state index contributed by atoms with van der Waals surface area (Å²) in [5.41, 5.74) is 0. The lowest BCUT2D eigenvalue weighted by Crippen LogP contribution is -2.28. The number of carbonyl (C=O) groups excluding carboxylic acids is 2. The average Bonchev–Trinajstić information content (AvgIpc) is 3.17. The molecule has 0 aliphatic heterocycles. The number of allylic oxidation sites excluding steroid dienone is 8. The zero-order valence-corrected chi connectivity index (χ0v) is 35.7. The van der Waals surface area contributed by atoms with Crippen LogP contribution >= 0.6 is 0 Å². The first kappa shape index (κ1) is 51.9. The molecule has 0 aromatic heterocycles. The first-order valence-electron chi connectivity index (χ1n) is 23.2. The number of esters is 2. The summed E-state index contributed by atoms with van der Waals surface area (Å²) in [6.07, 6.45) is 57.7. The first-order valence-corrected chi connectivity index (χ1v) is 23.2. The Kier molecular flexibility index (Phi) is 43.5. The number of aliphatic hydroxyl groups excluding tert-OH is 1. The van der Waals surface area contributed by atoms with Crippen LogP contribution < -0.4 is 0 Å². The third kappa shape index (κ3) is 42.6. The maximum atomic E-state index is 12.2. The number of aliphatic hydroxyl groups is 1. The Hall–Kier alpha value is -2.14. The molecule has 0 heterocycles. The predicted octanol–water partition coefficient (Wildman–Crippen LogP) is 15.0. The van der Waals surface area contributed by atoms with Gasteiger partial charge in [-0.15, -0.1) is 0 Å². The molecule has 0 aliphatic rings. The van der Waals surface area contributed by atoms with Crippen molar-refractivity contribution in [2.75, 3.05) is 13.2 Å². The Morgan fingerprint density at radius 1 is 0.426 bits per heavy atom. The van der Waals surface area contributed by atoms with Crippen LogP contribution in [0.5, 0.6) is 0 Å². The van der Waals surface area contributed by atoms with Crippen molar-refractivity contribution in [1.82, 2.24) is 0 Å². The topological polar surface area (TPSA) is 72.8 Å². The number of carbonyl (C=O) groups is 2. The van der Waals surface area contributed by atoms with E-state index >= 15 is 0 Å². The fourth-order valence-corrected chi connectivity index (χ4v) is 6.61. The molecule has 314 valence electrons. The molecule has 0 aliphatic carbocycles. The van der Waals surface area contributed by atoms with Crippen LogP contribution in [0.4, 0.5) is 0 Å². The summed E-state index contributed by atoms with van der Waals surface area (Å²) in [6.45, 7) is 4.08. The van der Waals surface area contributed by atoms with Gasteiger partial charge in [0.05, 0.1) is 6.61 Å². The van der Waals surface area contributed by atoms with E-state index < -0.39 is 6.10 Å². The van der Waals surface area contributed by atoms with Crippen molar-refractivity contribution in [3.63, 3.8) is 0 Å². The van der Waals surface area contributed by atoms with Crippen LogP contribution in [0.25, 0.3) is 0 Å². The molecule has 0 fully saturated rings. The van der Waals surface area contributed by atoms with Gasteiger partial charge in [-0.2, -0.15) is 0 Å². The number of ether oxygens (including phenoxy) is 2. The summed E-state index contributed by atoms with van der Waals surface area (Å²) in [5.74, 6) is -0.649. The van der Waals surface area contributed by atoms with Crippen molar-refractivity contribution < 1.29 is 24.2 Å². The van der Waals surface area contributed by atoms with Crippen LogP contribution in [-0.4, -0.2) is 36.4 Å². The van der Waals surface area contributed by atoms with Crippen molar-refractivity contribution in [3.05, 3.63) is 48.6 Å². The van der Waals surface area contributed by atoms with Crippen LogP contribution in [-0.2, 0) is 19.1 Å². The summed E-state index contributed by atoms with van der Waals surface area (Å²) >= 11 is 0. The second-order valence-corrected chi connectivity index (χ2v) is 15.5. The van der Waals surface area contributed by atoms with Gasteiger partial charge < -0.3 is 14.6 Å². The van der Waals surface area contributed by atoms with Crippen molar-refractivity contribution in [1.29, 1.82) is 0 Å². The first-order chi connectivity index (χ1) is 26.6. The Morgan fingerprint density at radius 3 is 1.17 bits per heavy atom. The van der Waals surface area contributed by atoms with Gasteiger partial charge in [0, 0.05) is 12.8 Å². The highest BCUT2D eigenvalue weighted by Gasteiger charge is 2.16. The van der Waals surface area contributed by atoms with Gasteiger partial charge in [-0.1, -0.05) is 217 Å². The lowest BCUT2D eigenvalue weighted by atomic mass is 10.0. The van der Waals surface area contributed by atoms with Gasteiger partial charge in [-0.25, -0.2) is 0 Å². The highest BCUT2D eigenvalue weighted by atomic mass is 16.6. The molecule has 1 N–H and O–H groups in total. The van der Waals surface area contributed by atoms with Gasteiger partial charge in [0.15, 0.2) is 6.10 Å². The van der Waals surface area contributed by atoms with Crippen molar-refractivity contribution in [3.8, 4) is 0 Å². The summed E-state index contributed by atoms with van der Waals surface area (Å²) in [4.78, 5) is 24.3. The number of unbranched alkanes of at least 4 members (excludes halogenated alkanes) is 26. The molecule has 54 heavy (non-hydrogen) atoms. The van der Waals surface area contributed by atoms with Gasteiger partial charge in [0.25, 0.3) is 0 Å². The van der Waals surface area contributed by atoms with Gasteiger partial charge in [-0.05, 0) is 51.4 Å². The van der Waals surface area contributed by atoms with E-state index in [1.54, 1.807) is 0 Å². The lowest BCUT2D eigenvalue weighted by molar-refractivity contribution is -0.161. The summed E-state index contributed by atoms with van der Waals surface area (Å²) in [7, 11) is 0. The van der Waals surface area contributed by atoms with Crippen LogP contribution in [0.2, 0.25) is 0 Å². The molecule has 0 aromatic rings. The largest absolute Gasteiger partial charge is 0.462 e. The van der Waals surface area contributed by atoms with E-state index in [9.17, 15) is 14.7 Å². The van der Waals surface area contributed by atoms with E-state index in [4.69, 9.17) is 9.47 Å². The predicted molar refractivity (Wildman–Crippen MR) is 233 cm³/mol. The molecule has 0 unspecified atom stereocenters. The number of hydrogen-bond donors (Lipinski definition) is 1. The van der Waals surface area contributed by atoms with Gasteiger partial charge in [-0.3, -0.25) is 9.59 Å². The smallest absolute Gasteiger partial charge is 0.306 e. The normalized spacial score (nSPS) is 12.6. The molecule has 0 rings (SSSR count). The minimum atomic E-state index is -0.792. The minimum absolute atomic E-state index is 0.0925. The molecular formula is C49H88O5. The molecule has 0 saturated carbocycles. The monoisotopic (exact) mass is 757 g/mol. The zero-order valence-electron chi connectivity index (χ0n) is 35.7. The molecule has 0 spiro atoms. The summed E-state index contributed by atoms with van der Waals surface area (Å²) in [5, 5.41) is 9.59. The molecule has 0 amide bonds. The second kappa shape index (κ2) is 45.3. The third-order valence-corrected chi connectivity index (χ3v) is 10.1. The standard InChI is InChI=1S/C49H88O5/c1-3-5-7-9-11-13-15-17-19-21-22-23-24-25-26-28-30-32-34-36-38-40-42-44-49(52)54-47(45-50)46-53-48(51)43-41-39-37-35-33-31-29-27-20-18-16-14-12-10-8-6-4-2/h12,14,18,20,29,31,35,37,47,50H,3-11,13,15-17,19,21-28,30,32-34,36,38-46H2,1-2H3/b14-12+,20-18+,31-29+,37-35+/t47-/m0/s1. The maximum absolute atomic E-state index is 12.2. The van der Waals surface area contributed by atoms with Crippen LogP contribution in [0.15, 0.2) is 48.6 Å². The minimum Gasteiger partial charge on any atom is -0.462 e. The van der Waals surface area contributed by atoms with E-state index in [1.807, 2.05) is 0 Å². The molecule has 1 atom stereocenters. The highest BCUT2D eigenvalue weighted by Crippen LogP contribution is 2.16. The Bertz CT molecular complexity index is 904. The maximum Gasteiger partial charge on any atom is 0.306 e. The van der Waals surface area contributed by atoms with Gasteiger partial charge >= 0.3 is 11.9 Å². The fourth-order valence-electron chi connectivity index (χ4n) is 6.61. The fraction of sp³-hybridized carbons (Fsp3) is 0.796. The SMILES string of the molecule is CCCCC/C=C/C/C=C/C/C=C/C/C=C/CCCC(=O)OC[C@H](CO)OC(=O)CCCCCCCCCCCCCCCCCCCCCCCCC. The number of hydrogen-bond acceptors (Lipinski definition) is 5. The van der Waals surface area contributed by atoms with Gasteiger partial charge in [0.2, 0.25) is 0 Å². The summed E-state index contributed by atoms with van der Waals surface area (Å²) < 4.78 is 10.6. The van der Waals surface area contributed by atoms with Crippen molar-refractivity contribution in [2.45, 2.75) is 238 Å². The zero-order chi connectivity index (χ0) is 39.3. The third-order valence-electron chi connectivity index (χ3n) is 10.1. The highest BCUT2D eigenvalue weighted by molar-refractivity contribution is 5.70. The Balaban J connectivity index is 3.55. The summed E-state index contributed by atoms with van der Waals surface area (Å²) in [6, 6.07) is 0. The second-order valence-electron chi connectivity index (χ2n) is 15.5. The number of rotatable bonds is 42. The van der Waals surface area contributed by atoms with Crippen LogP contribution in [0, 0.1) is 0 Å². The lowest BCUT2D eigenvalue weighted by Gasteiger charge is -2.15. The average molecular weight is 757 g/mol. The van der Waals surface area contributed by atoms with E-state index in [-0.39, 0.29) is 25.2 Å². The van der Waals surface area contributed by atoms with Gasteiger partial charge in [0.1, 0.15) is 6.61 Å². The van der Waals surface area contributed by atoms with E-state index in [0.29, 0.717) is 19.3 Å².